The van der Waals surface area contributed by atoms with Crippen LogP contribution in [0.1, 0.15) is 58.8 Å². The van der Waals surface area contributed by atoms with Crippen LogP contribution in [-0.4, -0.2) is 35.1 Å². The molecule has 1 aliphatic carbocycles. The third kappa shape index (κ3) is 2.71. The average Bonchev–Trinajstić information content (AvgIpc) is 2.91. The molecule has 0 radical (unpaired) electrons. The van der Waals surface area contributed by atoms with Crippen LogP contribution < -0.4 is 0 Å². The number of amides is 1. The Balaban J connectivity index is 1.99. The van der Waals surface area contributed by atoms with E-state index < -0.39 is 0 Å². The van der Waals surface area contributed by atoms with Crippen LogP contribution >= 0.6 is 0 Å². The van der Waals surface area contributed by atoms with Gasteiger partial charge in [-0.3, -0.25) is 4.79 Å². The Morgan fingerprint density at radius 2 is 2.11 bits per heavy atom. The smallest absolute Gasteiger partial charge is 0.226 e. The van der Waals surface area contributed by atoms with Crippen LogP contribution in [0, 0.1) is 11.3 Å². The summed E-state index contributed by atoms with van der Waals surface area (Å²) in [5.41, 5.74) is 0.182. The van der Waals surface area contributed by atoms with E-state index in [-0.39, 0.29) is 17.9 Å². The van der Waals surface area contributed by atoms with Crippen molar-refractivity contribution in [1.82, 2.24) is 4.90 Å². The van der Waals surface area contributed by atoms with Crippen LogP contribution in [0.5, 0.6) is 0 Å². The molecule has 0 spiro atoms. The van der Waals surface area contributed by atoms with Gasteiger partial charge in [0.15, 0.2) is 0 Å². The first-order chi connectivity index (χ1) is 8.56. The average molecular weight is 253 g/mol. The van der Waals surface area contributed by atoms with Crippen LogP contribution in [0.3, 0.4) is 0 Å². The molecule has 2 atom stereocenters. The van der Waals surface area contributed by atoms with Gasteiger partial charge in [0, 0.05) is 25.1 Å². The molecule has 0 aromatic heterocycles. The second kappa shape index (κ2) is 5.60. The van der Waals surface area contributed by atoms with Crippen LogP contribution in [0.4, 0.5) is 0 Å². The number of aliphatic hydroxyl groups excluding tert-OH is 1. The van der Waals surface area contributed by atoms with Crippen molar-refractivity contribution in [2.45, 2.75) is 64.8 Å². The van der Waals surface area contributed by atoms with Gasteiger partial charge in [-0.2, -0.15) is 0 Å². The van der Waals surface area contributed by atoms with Gasteiger partial charge in [0.2, 0.25) is 5.91 Å². The fourth-order valence-electron chi connectivity index (χ4n) is 3.74. The zero-order chi connectivity index (χ0) is 13.2. The Morgan fingerprint density at radius 1 is 1.33 bits per heavy atom. The number of carbonyl (C=O) groups excluding carboxylic acids is 1. The Morgan fingerprint density at radius 3 is 2.72 bits per heavy atom. The molecule has 2 fully saturated rings. The van der Waals surface area contributed by atoms with E-state index in [1.807, 2.05) is 0 Å². The molecule has 0 bridgehead atoms. The van der Waals surface area contributed by atoms with Gasteiger partial charge in [-0.25, -0.2) is 0 Å². The van der Waals surface area contributed by atoms with Gasteiger partial charge >= 0.3 is 0 Å². The third-order valence-electron chi connectivity index (χ3n) is 4.91. The SMILES string of the molecule is CC1(C)CCCC1C(=O)N1CCCC1CCCO. The summed E-state index contributed by atoms with van der Waals surface area (Å²) < 4.78 is 0. The highest BCUT2D eigenvalue weighted by Gasteiger charge is 2.43. The van der Waals surface area contributed by atoms with Crippen molar-refractivity contribution in [3.8, 4) is 0 Å². The van der Waals surface area contributed by atoms with Crippen molar-refractivity contribution < 1.29 is 9.90 Å². The standard InChI is InChI=1S/C15H27NO2/c1-15(2)9-3-8-13(15)14(18)16-10-4-6-12(16)7-5-11-17/h12-13,17H,3-11H2,1-2H3. The molecule has 2 aliphatic rings. The van der Waals surface area contributed by atoms with Gasteiger partial charge in [-0.15, -0.1) is 0 Å². The minimum atomic E-state index is 0.182. The minimum Gasteiger partial charge on any atom is -0.396 e. The number of hydrogen-bond acceptors (Lipinski definition) is 2. The predicted molar refractivity (Wildman–Crippen MR) is 72.2 cm³/mol. The van der Waals surface area contributed by atoms with Crippen LogP contribution in [0.15, 0.2) is 0 Å². The summed E-state index contributed by atoms with van der Waals surface area (Å²) in [6, 6.07) is 0.390. The van der Waals surface area contributed by atoms with Gasteiger partial charge in [0.25, 0.3) is 0 Å². The molecule has 1 saturated carbocycles. The highest BCUT2D eigenvalue weighted by molar-refractivity contribution is 5.80. The van der Waals surface area contributed by atoms with E-state index in [0.29, 0.717) is 11.9 Å². The number of rotatable bonds is 4. The zero-order valence-corrected chi connectivity index (χ0v) is 11.8. The van der Waals surface area contributed by atoms with Gasteiger partial charge in [0.1, 0.15) is 0 Å². The molecule has 0 aromatic carbocycles. The molecule has 1 heterocycles. The van der Waals surface area contributed by atoms with Crippen molar-refractivity contribution in [2.75, 3.05) is 13.2 Å². The summed E-state index contributed by atoms with van der Waals surface area (Å²) >= 11 is 0. The molecule has 3 nitrogen and oxygen atoms in total. The zero-order valence-electron chi connectivity index (χ0n) is 11.8. The van der Waals surface area contributed by atoms with E-state index in [1.165, 1.54) is 12.8 Å². The third-order valence-corrected chi connectivity index (χ3v) is 4.91. The van der Waals surface area contributed by atoms with E-state index in [2.05, 4.69) is 18.7 Å². The highest BCUT2D eigenvalue weighted by atomic mass is 16.3. The van der Waals surface area contributed by atoms with Crippen LogP contribution in [0.25, 0.3) is 0 Å². The van der Waals surface area contributed by atoms with Gasteiger partial charge in [-0.1, -0.05) is 20.3 Å². The normalized spacial score (nSPS) is 30.9. The maximum absolute atomic E-state index is 12.7. The van der Waals surface area contributed by atoms with Gasteiger partial charge in [0.05, 0.1) is 0 Å². The minimum absolute atomic E-state index is 0.182. The molecule has 0 aromatic rings. The van der Waals surface area contributed by atoms with E-state index in [1.54, 1.807) is 0 Å². The monoisotopic (exact) mass is 253 g/mol. The molecular weight excluding hydrogens is 226 g/mol. The van der Waals surface area contributed by atoms with Gasteiger partial charge in [-0.05, 0) is 43.9 Å². The summed E-state index contributed by atoms with van der Waals surface area (Å²) in [5, 5.41) is 8.94. The van der Waals surface area contributed by atoms with Crippen molar-refractivity contribution in [1.29, 1.82) is 0 Å². The number of likely N-dealkylation sites (tertiary alicyclic amines) is 1. The molecule has 18 heavy (non-hydrogen) atoms. The van der Waals surface area contributed by atoms with E-state index in [0.717, 1.165) is 38.6 Å². The summed E-state index contributed by atoms with van der Waals surface area (Å²) in [6.07, 6.45) is 7.48. The molecule has 1 saturated heterocycles. The topological polar surface area (TPSA) is 40.5 Å². The first-order valence-electron chi connectivity index (χ1n) is 7.47. The quantitative estimate of drug-likeness (QED) is 0.836. The second-order valence-corrected chi connectivity index (χ2v) is 6.63. The maximum atomic E-state index is 12.7. The van der Waals surface area contributed by atoms with Gasteiger partial charge < -0.3 is 10.0 Å². The van der Waals surface area contributed by atoms with Crippen molar-refractivity contribution >= 4 is 5.91 Å². The molecule has 3 heteroatoms. The van der Waals surface area contributed by atoms with E-state index >= 15 is 0 Å². The first kappa shape index (κ1) is 13.9. The van der Waals surface area contributed by atoms with Crippen LogP contribution in [0.2, 0.25) is 0 Å². The van der Waals surface area contributed by atoms with Crippen molar-refractivity contribution in [3.05, 3.63) is 0 Å². The molecule has 1 amide bonds. The Hall–Kier alpha value is -0.570. The first-order valence-corrected chi connectivity index (χ1v) is 7.47. The molecule has 104 valence electrons. The fraction of sp³-hybridized carbons (Fsp3) is 0.933. The summed E-state index contributed by atoms with van der Waals surface area (Å²) in [6.45, 7) is 5.65. The molecular formula is C15H27NO2. The second-order valence-electron chi connectivity index (χ2n) is 6.63. The molecule has 1 aliphatic heterocycles. The molecule has 2 rings (SSSR count). The Kier molecular flexibility index (Phi) is 4.31. The lowest BCUT2D eigenvalue weighted by Crippen LogP contribution is -2.42. The summed E-state index contributed by atoms with van der Waals surface area (Å²) in [5.74, 6) is 0.616. The Labute approximate surface area is 111 Å². The summed E-state index contributed by atoms with van der Waals surface area (Å²) in [7, 11) is 0. The Bertz CT molecular complexity index is 301. The number of nitrogens with zero attached hydrogens (tertiary/aromatic N) is 1. The van der Waals surface area contributed by atoms with E-state index in [4.69, 9.17) is 5.11 Å². The number of aliphatic hydroxyl groups is 1. The number of hydrogen-bond donors (Lipinski definition) is 1. The van der Waals surface area contributed by atoms with E-state index in [9.17, 15) is 4.79 Å². The van der Waals surface area contributed by atoms with Crippen molar-refractivity contribution in [2.24, 2.45) is 11.3 Å². The lowest BCUT2D eigenvalue weighted by Gasteiger charge is -2.33. The lowest BCUT2D eigenvalue weighted by molar-refractivity contribution is -0.139. The molecule has 2 unspecified atom stereocenters. The largest absolute Gasteiger partial charge is 0.396 e. The number of carbonyl (C=O) groups is 1. The highest BCUT2D eigenvalue weighted by Crippen LogP contribution is 2.44. The van der Waals surface area contributed by atoms with Crippen LogP contribution in [-0.2, 0) is 4.79 Å². The summed E-state index contributed by atoms with van der Waals surface area (Å²) in [4.78, 5) is 14.8. The predicted octanol–water partition coefficient (Wildman–Crippen LogP) is 2.58. The lowest BCUT2D eigenvalue weighted by atomic mass is 9.81. The molecule has 1 N–H and O–H groups in total. The van der Waals surface area contributed by atoms with Crippen molar-refractivity contribution in [3.63, 3.8) is 0 Å². The maximum Gasteiger partial charge on any atom is 0.226 e. The fourth-order valence-corrected chi connectivity index (χ4v) is 3.74.